The number of hydrogen-bond acceptors (Lipinski definition) is 1. The fourth-order valence-corrected chi connectivity index (χ4v) is 2.38. The Balaban J connectivity index is -0.000000304. The van der Waals surface area contributed by atoms with Crippen LogP contribution in [0.4, 0.5) is 0 Å². The van der Waals surface area contributed by atoms with Crippen molar-refractivity contribution in [1.29, 1.82) is 0 Å². The van der Waals surface area contributed by atoms with Gasteiger partial charge in [-0.25, -0.2) is 0 Å². The van der Waals surface area contributed by atoms with E-state index in [2.05, 4.69) is 53.6 Å². The van der Waals surface area contributed by atoms with Gasteiger partial charge in [0.25, 0.3) is 0 Å². The number of aryl methyl sites for hydroxylation is 2. The summed E-state index contributed by atoms with van der Waals surface area (Å²) in [6.07, 6.45) is 18.4. The molecule has 0 fully saturated rings. The lowest BCUT2D eigenvalue weighted by molar-refractivity contribution is 0.685. The second kappa shape index (κ2) is 27.1. The minimum absolute atomic E-state index is 0. The molecule has 158 valence electrons. The van der Waals surface area contributed by atoms with Gasteiger partial charge < -0.3 is 0 Å². The van der Waals surface area contributed by atoms with Crippen molar-refractivity contribution < 1.29 is 0 Å². The molecule has 0 N–H and O–H groups in total. The Labute approximate surface area is 176 Å². The lowest BCUT2D eigenvalue weighted by atomic mass is 9.92. The number of benzene rings is 1. The molecule has 2 aliphatic carbocycles. The van der Waals surface area contributed by atoms with Crippen LogP contribution in [0.5, 0.6) is 0 Å². The first-order chi connectivity index (χ1) is 13.5. The zero-order valence-electron chi connectivity index (χ0n) is 18.5. The van der Waals surface area contributed by atoms with Crippen LogP contribution in [0, 0.1) is 0 Å². The largest absolute Gasteiger partial charge is 0.265 e. The summed E-state index contributed by atoms with van der Waals surface area (Å²) in [5, 5.41) is 0. The molecular formula is C27H45N. The Morgan fingerprint density at radius 1 is 0.607 bits per heavy atom. The van der Waals surface area contributed by atoms with Gasteiger partial charge in [-0.05, 0) is 55.4 Å². The van der Waals surface area contributed by atoms with Gasteiger partial charge in [0.2, 0.25) is 0 Å². The number of fused-ring (bicyclic) bond motifs is 1. The van der Waals surface area contributed by atoms with Crippen molar-refractivity contribution >= 4 is 0 Å². The highest BCUT2D eigenvalue weighted by atomic mass is 14.6. The standard InChI is InChI=1S/C10H12.C5H5N.C5H6.3C2H6.CH4/c1-2-6-10-8-4-3-7-9(10)5-1;1-2-4-6-5-3-1;1-2-4-5-3-1;3*1-2;/h1-2,5-6H,3-4,7-8H2;1-5H;1-4H,5H2;3*1-2H3;1H4. The van der Waals surface area contributed by atoms with Gasteiger partial charge in [-0.3, -0.25) is 4.98 Å². The molecule has 1 aromatic carbocycles. The maximum absolute atomic E-state index is 3.78. The highest BCUT2D eigenvalue weighted by Crippen LogP contribution is 2.19. The van der Waals surface area contributed by atoms with E-state index in [4.69, 9.17) is 0 Å². The summed E-state index contributed by atoms with van der Waals surface area (Å²) >= 11 is 0. The molecule has 1 nitrogen and oxygen atoms in total. The van der Waals surface area contributed by atoms with Crippen LogP contribution in [-0.4, -0.2) is 4.98 Å². The summed E-state index contributed by atoms with van der Waals surface area (Å²) in [5.74, 6) is 0. The summed E-state index contributed by atoms with van der Waals surface area (Å²) in [4.78, 5) is 3.78. The Bertz CT molecular complexity index is 494. The second-order valence-electron chi connectivity index (χ2n) is 5.09. The van der Waals surface area contributed by atoms with E-state index in [0.29, 0.717) is 0 Å². The minimum Gasteiger partial charge on any atom is -0.265 e. The molecule has 0 saturated carbocycles. The molecule has 0 bridgehead atoms. The molecule has 0 spiro atoms. The van der Waals surface area contributed by atoms with Crippen LogP contribution >= 0.6 is 0 Å². The van der Waals surface area contributed by atoms with Crippen LogP contribution < -0.4 is 0 Å². The third kappa shape index (κ3) is 17.3. The summed E-state index contributed by atoms with van der Waals surface area (Å²) < 4.78 is 0. The van der Waals surface area contributed by atoms with Crippen LogP contribution in [0.25, 0.3) is 0 Å². The summed E-state index contributed by atoms with van der Waals surface area (Å²) in [7, 11) is 0. The summed E-state index contributed by atoms with van der Waals surface area (Å²) in [6.45, 7) is 12.0. The Hall–Kier alpha value is -2.15. The van der Waals surface area contributed by atoms with E-state index < -0.39 is 0 Å². The van der Waals surface area contributed by atoms with Crippen molar-refractivity contribution in [3.8, 4) is 0 Å². The van der Waals surface area contributed by atoms with Gasteiger partial charge in [-0.2, -0.15) is 0 Å². The molecule has 0 radical (unpaired) electrons. The second-order valence-corrected chi connectivity index (χ2v) is 5.09. The van der Waals surface area contributed by atoms with Crippen LogP contribution in [0.3, 0.4) is 0 Å². The van der Waals surface area contributed by atoms with Crippen molar-refractivity contribution in [2.75, 3.05) is 0 Å². The fourth-order valence-electron chi connectivity index (χ4n) is 2.38. The topological polar surface area (TPSA) is 12.9 Å². The van der Waals surface area contributed by atoms with E-state index in [0.717, 1.165) is 6.42 Å². The lowest BCUT2D eigenvalue weighted by Crippen LogP contribution is -2.00. The van der Waals surface area contributed by atoms with E-state index >= 15 is 0 Å². The van der Waals surface area contributed by atoms with Crippen LogP contribution in [0.15, 0.2) is 79.2 Å². The first kappa shape index (κ1) is 30.6. The third-order valence-electron chi connectivity index (χ3n) is 3.48. The molecule has 0 aliphatic heterocycles. The Kier molecular flexibility index (Phi) is 29.6. The summed E-state index contributed by atoms with van der Waals surface area (Å²) in [6, 6.07) is 14.5. The molecule has 1 heteroatoms. The van der Waals surface area contributed by atoms with Crippen LogP contribution in [0.1, 0.15) is 79.4 Å². The smallest absolute Gasteiger partial charge is 0.0267 e. The van der Waals surface area contributed by atoms with E-state index in [1.54, 1.807) is 23.5 Å². The predicted octanol–water partition coefficient (Wildman–Crippen LogP) is 8.86. The number of aromatic nitrogens is 1. The minimum atomic E-state index is 0. The van der Waals surface area contributed by atoms with Gasteiger partial charge >= 0.3 is 0 Å². The highest BCUT2D eigenvalue weighted by molar-refractivity contribution is 5.28. The van der Waals surface area contributed by atoms with Gasteiger partial charge in [-0.1, -0.05) is 104 Å². The normalized spacial score (nSPS) is 11.4. The molecule has 2 aliphatic rings. The van der Waals surface area contributed by atoms with Crippen molar-refractivity contribution in [2.45, 2.75) is 81.1 Å². The molecule has 1 heterocycles. The zero-order valence-corrected chi connectivity index (χ0v) is 18.5. The SMILES string of the molecule is C.C1=CCC=C1.CC.CC.CC.c1ccc2c(c1)CCCC2.c1ccncc1. The number of rotatable bonds is 0. The monoisotopic (exact) mass is 383 g/mol. The van der Waals surface area contributed by atoms with Gasteiger partial charge in [0.05, 0.1) is 0 Å². The van der Waals surface area contributed by atoms with E-state index in [-0.39, 0.29) is 7.43 Å². The van der Waals surface area contributed by atoms with Crippen LogP contribution in [0.2, 0.25) is 0 Å². The number of allylic oxidation sites excluding steroid dienone is 4. The number of nitrogens with zero attached hydrogens (tertiary/aromatic N) is 1. The van der Waals surface area contributed by atoms with Crippen molar-refractivity contribution in [3.05, 3.63) is 90.3 Å². The quantitative estimate of drug-likeness (QED) is 0.442. The van der Waals surface area contributed by atoms with Crippen molar-refractivity contribution in [3.63, 3.8) is 0 Å². The van der Waals surface area contributed by atoms with E-state index in [1.807, 2.05) is 59.7 Å². The molecule has 0 unspecified atom stereocenters. The number of hydrogen-bond donors (Lipinski definition) is 0. The van der Waals surface area contributed by atoms with E-state index in [9.17, 15) is 0 Å². The summed E-state index contributed by atoms with van der Waals surface area (Å²) in [5.41, 5.74) is 3.16. The molecular weight excluding hydrogens is 338 g/mol. The van der Waals surface area contributed by atoms with Gasteiger partial charge in [0, 0.05) is 12.4 Å². The molecule has 28 heavy (non-hydrogen) atoms. The predicted molar refractivity (Wildman–Crippen MR) is 131 cm³/mol. The van der Waals surface area contributed by atoms with Crippen molar-refractivity contribution in [1.82, 2.24) is 4.98 Å². The van der Waals surface area contributed by atoms with Gasteiger partial charge in [0.1, 0.15) is 0 Å². The average molecular weight is 384 g/mol. The van der Waals surface area contributed by atoms with Crippen LogP contribution in [-0.2, 0) is 12.8 Å². The first-order valence-electron chi connectivity index (χ1n) is 10.7. The molecule has 0 atom stereocenters. The first-order valence-corrected chi connectivity index (χ1v) is 10.7. The maximum atomic E-state index is 3.78. The maximum Gasteiger partial charge on any atom is 0.0267 e. The molecule has 4 rings (SSSR count). The molecule has 0 saturated heterocycles. The zero-order chi connectivity index (χ0) is 20.6. The third-order valence-corrected chi connectivity index (χ3v) is 3.48. The van der Waals surface area contributed by atoms with Crippen molar-refractivity contribution in [2.24, 2.45) is 0 Å². The lowest BCUT2D eigenvalue weighted by Gasteiger charge is -2.13. The fraction of sp³-hybridized carbons (Fsp3) is 0.444. The average Bonchev–Trinajstić information content (AvgIpc) is 3.40. The Morgan fingerprint density at radius 3 is 1.29 bits per heavy atom. The molecule has 1 aromatic heterocycles. The highest BCUT2D eigenvalue weighted by Gasteiger charge is 2.05. The molecule has 0 amide bonds. The number of pyridine rings is 1. The van der Waals surface area contributed by atoms with Gasteiger partial charge in [-0.15, -0.1) is 0 Å². The molecule has 2 aromatic rings. The van der Waals surface area contributed by atoms with E-state index in [1.165, 1.54) is 25.7 Å². The van der Waals surface area contributed by atoms with Gasteiger partial charge in [0.15, 0.2) is 0 Å². The Morgan fingerprint density at radius 2 is 1.04 bits per heavy atom.